The van der Waals surface area contributed by atoms with Gasteiger partial charge in [0.2, 0.25) is 0 Å². The van der Waals surface area contributed by atoms with E-state index in [0.717, 1.165) is 25.0 Å². The van der Waals surface area contributed by atoms with Crippen molar-refractivity contribution in [3.05, 3.63) is 0 Å². The van der Waals surface area contributed by atoms with Crippen molar-refractivity contribution in [3.63, 3.8) is 0 Å². The molecule has 2 aliphatic rings. The summed E-state index contributed by atoms with van der Waals surface area (Å²) in [5.41, 5.74) is 0. The molecule has 0 aromatic rings. The van der Waals surface area contributed by atoms with Gasteiger partial charge >= 0.3 is 133 Å². The first-order chi connectivity index (χ1) is 8.08. The molecule has 0 aliphatic carbocycles. The molecule has 2 rings (SSSR count). The number of hydrogen-bond acceptors (Lipinski definition) is 3. The van der Waals surface area contributed by atoms with Gasteiger partial charge in [-0.3, -0.25) is 0 Å². The zero-order chi connectivity index (χ0) is 12.4. The van der Waals surface area contributed by atoms with E-state index in [2.05, 4.69) is 10.6 Å². The van der Waals surface area contributed by atoms with Gasteiger partial charge in [0.1, 0.15) is 0 Å². The van der Waals surface area contributed by atoms with E-state index in [1.54, 1.807) is 0 Å². The number of fused-ring (bicyclic) bond motifs is 1. The summed E-state index contributed by atoms with van der Waals surface area (Å²) >= 11 is 2.60. The van der Waals surface area contributed by atoms with Gasteiger partial charge in [-0.25, -0.2) is 0 Å². The normalized spacial score (nSPS) is 32.6. The second kappa shape index (κ2) is 6.07. The molecule has 2 saturated heterocycles. The average Bonchev–Trinajstić information content (AvgIpc) is 2.78. The van der Waals surface area contributed by atoms with Gasteiger partial charge in [-0.05, 0) is 0 Å². The van der Waals surface area contributed by atoms with Gasteiger partial charge in [0, 0.05) is 0 Å². The molecule has 4 atom stereocenters. The van der Waals surface area contributed by atoms with E-state index in [9.17, 15) is 9.59 Å². The van der Waals surface area contributed by atoms with E-state index in [4.69, 9.17) is 5.11 Å². The van der Waals surface area contributed by atoms with Crippen molar-refractivity contribution in [2.75, 3.05) is 5.75 Å². The molecule has 3 N–H and O–H groups in total. The second-order valence-corrected chi connectivity index (χ2v) is 7.90. The number of carboxylic acid groups (broad SMARTS) is 1. The SMILES string of the molecule is O=C1N[C@H]2[C@H](CS[C@H]2CCC[CH]([Ce])C(=O)O)N1. The zero-order valence-electron chi connectivity index (χ0n) is 9.31. The van der Waals surface area contributed by atoms with Crippen molar-refractivity contribution < 1.29 is 54.3 Å². The Kier molecular flexibility index (Phi) is 4.96. The number of amides is 2. The Bertz CT molecular complexity index is 329. The fraction of sp³-hybridized carbons (Fsp3) is 0.800. The van der Waals surface area contributed by atoms with Crippen LogP contribution in [0.3, 0.4) is 0 Å². The standard InChI is InChI=1S/C10H15N2O3S.Ce/c13-8(14)4-2-1-3-7-9-6(5-16-7)11-10(15)12-9;/h4,6-7,9H,1-3,5H2,(H,13,14)(H2,11,12,15);/t6-,7-,9-;/m0./s1. The van der Waals surface area contributed by atoms with Gasteiger partial charge in [-0.15, -0.1) is 0 Å². The van der Waals surface area contributed by atoms with Crippen LogP contribution in [-0.2, 0) is 4.79 Å². The molecule has 1 unspecified atom stereocenters. The summed E-state index contributed by atoms with van der Waals surface area (Å²) in [5, 5.41) is 15.1. The molecule has 2 aliphatic heterocycles. The Labute approximate surface area is 131 Å². The summed E-state index contributed by atoms with van der Waals surface area (Å²) in [6.45, 7) is 0. The number of carbonyl (C=O) groups excluding carboxylic acids is 1. The summed E-state index contributed by atoms with van der Waals surface area (Å²) in [6, 6.07) is 0.449. The van der Waals surface area contributed by atoms with Crippen LogP contribution in [0.25, 0.3) is 0 Å². The number of rotatable bonds is 5. The van der Waals surface area contributed by atoms with Crippen LogP contribution in [0.2, 0.25) is 1.44 Å². The summed E-state index contributed by atoms with van der Waals surface area (Å²) in [4.78, 5) is 21.9. The van der Waals surface area contributed by atoms with Crippen molar-refractivity contribution in [2.45, 2.75) is 38.0 Å². The van der Waals surface area contributed by atoms with Gasteiger partial charge in [0.15, 0.2) is 0 Å². The molecule has 0 radical (unpaired) electrons. The molecule has 2 heterocycles. The van der Waals surface area contributed by atoms with Crippen molar-refractivity contribution in [3.8, 4) is 0 Å². The Morgan fingerprint density at radius 2 is 2.35 bits per heavy atom. The fourth-order valence-corrected chi connectivity index (χ4v) is 4.47. The van der Waals surface area contributed by atoms with Crippen LogP contribution in [0, 0.1) is 39.6 Å². The molecule has 2 amide bonds. The third-order valence-corrected chi connectivity index (χ3v) is 6.41. The predicted molar refractivity (Wildman–Crippen MR) is 60.7 cm³/mol. The molecule has 0 spiro atoms. The van der Waals surface area contributed by atoms with E-state index in [1.807, 2.05) is 11.8 Å². The topological polar surface area (TPSA) is 78.4 Å². The number of carboxylic acids is 1. The van der Waals surface area contributed by atoms with Crippen LogP contribution >= 0.6 is 11.8 Å². The quantitative estimate of drug-likeness (QED) is 0.612. The Hall–Kier alpha value is 0.467. The van der Waals surface area contributed by atoms with Gasteiger partial charge in [-0.2, -0.15) is 0 Å². The van der Waals surface area contributed by atoms with Crippen molar-refractivity contribution in [1.82, 2.24) is 10.6 Å². The monoisotopic (exact) mass is 383 g/mol. The van der Waals surface area contributed by atoms with Crippen molar-refractivity contribution in [1.29, 1.82) is 0 Å². The van der Waals surface area contributed by atoms with Gasteiger partial charge in [-0.1, -0.05) is 0 Å². The van der Waals surface area contributed by atoms with E-state index in [1.165, 1.54) is 0 Å². The first-order valence-electron chi connectivity index (χ1n) is 5.70. The maximum atomic E-state index is 11.2. The van der Waals surface area contributed by atoms with Crippen LogP contribution < -0.4 is 10.6 Å². The predicted octanol–water partition coefficient (Wildman–Crippen LogP) is 0.744. The first kappa shape index (κ1) is 13.9. The molecule has 2 fully saturated rings. The number of urea groups is 1. The number of thioether (sulfide) groups is 1. The van der Waals surface area contributed by atoms with Crippen LogP contribution in [0.5, 0.6) is 0 Å². The molecule has 17 heavy (non-hydrogen) atoms. The fourth-order valence-electron chi connectivity index (χ4n) is 2.29. The summed E-state index contributed by atoms with van der Waals surface area (Å²) in [5.74, 6) is 0.307. The van der Waals surface area contributed by atoms with E-state index < -0.39 is 5.97 Å². The van der Waals surface area contributed by atoms with E-state index in [0.29, 0.717) is 44.9 Å². The number of hydrogen-bond donors (Lipinski definition) is 3. The van der Waals surface area contributed by atoms with Crippen LogP contribution in [-0.4, -0.2) is 40.2 Å². The van der Waals surface area contributed by atoms with Gasteiger partial charge in [0.05, 0.1) is 0 Å². The Balaban J connectivity index is 1.73. The molecule has 0 saturated carbocycles. The molecule has 0 bridgehead atoms. The number of aliphatic carboxylic acids is 1. The minimum absolute atomic E-state index is 0.0587. The van der Waals surface area contributed by atoms with E-state index >= 15 is 0 Å². The number of nitrogens with one attached hydrogen (secondary N) is 2. The molecule has 93 valence electrons. The van der Waals surface area contributed by atoms with Crippen LogP contribution in [0.15, 0.2) is 0 Å². The molecular weight excluding hydrogens is 368 g/mol. The van der Waals surface area contributed by atoms with Crippen molar-refractivity contribution in [2.24, 2.45) is 0 Å². The van der Waals surface area contributed by atoms with E-state index in [-0.39, 0.29) is 19.6 Å². The Morgan fingerprint density at radius 3 is 3.06 bits per heavy atom. The van der Waals surface area contributed by atoms with Crippen LogP contribution in [0.4, 0.5) is 4.79 Å². The summed E-state index contributed by atoms with van der Waals surface area (Å²) < 4.78 is -0.131. The average molecular weight is 383 g/mol. The van der Waals surface area contributed by atoms with Gasteiger partial charge in [0.25, 0.3) is 0 Å². The third kappa shape index (κ3) is 3.48. The molecule has 5 nitrogen and oxygen atoms in total. The molecular formula is C10H15CeN2O3S. The Morgan fingerprint density at radius 1 is 1.59 bits per heavy atom. The summed E-state index contributed by atoms with van der Waals surface area (Å²) in [6.07, 6.45) is 2.72. The number of carbonyl (C=O) groups is 2. The maximum absolute atomic E-state index is 11.2. The summed E-state index contributed by atoms with van der Waals surface area (Å²) in [7, 11) is 0. The van der Waals surface area contributed by atoms with Gasteiger partial charge < -0.3 is 0 Å². The minimum atomic E-state index is -0.663. The molecule has 0 aromatic carbocycles. The van der Waals surface area contributed by atoms with Crippen LogP contribution in [0.1, 0.15) is 19.3 Å². The first-order valence-corrected chi connectivity index (χ1v) is 8.56. The zero-order valence-corrected chi connectivity index (χ0v) is 13.3. The molecule has 7 heteroatoms. The second-order valence-electron chi connectivity index (χ2n) is 4.44. The third-order valence-electron chi connectivity index (χ3n) is 3.22. The van der Waals surface area contributed by atoms with Crippen molar-refractivity contribution >= 4 is 23.8 Å². The molecule has 0 aromatic heterocycles.